The van der Waals surface area contributed by atoms with Crippen LogP contribution in [0.3, 0.4) is 0 Å². The number of aliphatic hydroxyl groups excluding tert-OH is 1. The number of nitrogens with zero attached hydrogens (tertiary/aromatic N) is 1. The normalized spacial score (nSPS) is 11.9. The van der Waals surface area contributed by atoms with E-state index in [9.17, 15) is 14.7 Å². The van der Waals surface area contributed by atoms with Crippen molar-refractivity contribution in [3.05, 3.63) is 69.6 Å². The maximum absolute atomic E-state index is 11.8. The fourth-order valence-corrected chi connectivity index (χ4v) is 2.11. The molecule has 0 aliphatic carbocycles. The molecule has 0 saturated carbocycles. The molecule has 6 heteroatoms. The van der Waals surface area contributed by atoms with Crippen LogP contribution in [0.5, 0.6) is 0 Å². The van der Waals surface area contributed by atoms with Crippen LogP contribution in [0.2, 0.25) is 5.02 Å². The first-order valence-corrected chi connectivity index (χ1v) is 7.27. The lowest BCUT2D eigenvalue weighted by Gasteiger charge is -2.13. The smallest absolute Gasteiger partial charge is 0.250 e. The number of rotatable bonds is 6. The van der Waals surface area contributed by atoms with Crippen LogP contribution in [-0.2, 0) is 17.8 Å². The molecular formula is C16H17ClN2O3. The molecule has 116 valence electrons. The Bertz CT molecular complexity index is 682. The lowest BCUT2D eigenvalue weighted by atomic mass is 10.1. The Kier molecular flexibility index (Phi) is 5.75. The molecule has 1 amide bonds. The minimum Gasteiger partial charge on any atom is -0.389 e. The summed E-state index contributed by atoms with van der Waals surface area (Å²) in [5, 5.41) is 13.2. The number of benzene rings is 1. The highest BCUT2D eigenvalue weighted by Crippen LogP contribution is 2.09. The molecule has 1 aromatic heterocycles. The summed E-state index contributed by atoms with van der Waals surface area (Å²) in [6.07, 6.45) is 0.991. The molecule has 0 saturated heterocycles. The molecule has 0 fully saturated rings. The van der Waals surface area contributed by atoms with Gasteiger partial charge in [0, 0.05) is 23.8 Å². The van der Waals surface area contributed by atoms with Crippen LogP contribution in [0, 0.1) is 0 Å². The molecule has 1 heterocycles. The minimum absolute atomic E-state index is 0.0910. The van der Waals surface area contributed by atoms with Gasteiger partial charge in [-0.25, -0.2) is 0 Å². The molecule has 0 radical (unpaired) electrons. The van der Waals surface area contributed by atoms with Crippen molar-refractivity contribution >= 4 is 17.5 Å². The third kappa shape index (κ3) is 5.02. The Hall–Kier alpha value is -2.11. The van der Waals surface area contributed by atoms with Gasteiger partial charge in [-0.3, -0.25) is 9.59 Å². The third-order valence-corrected chi connectivity index (χ3v) is 3.37. The monoisotopic (exact) mass is 320 g/mol. The first-order valence-electron chi connectivity index (χ1n) is 6.89. The van der Waals surface area contributed by atoms with E-state index in [1.54, 1.807) is 42.6 Å². The van der Waals surface area contributed by atoms with Gasteiger partial charge in [0.15, 0.2) is 0 Å². The zero-order valence-electron chi connectivity index (χ0n) is 11.9. The van der Waals surface area contributed by atoms with Crippen LogP contribution in [0.1, 0.15) is 5.56 Å². The van der Waals surface area contributed by atoms with E-state index in [1.807, 2.05) is 0 Å². The Morgan fingerprint density at radius 2 is 1.95 bits per heavy atom. The maximum Gasteiger partial charge on any atom is 0.250 e. The third-order valence-electron chi connectivity index (χ3n) is 3.12. The van der Waals surface area contributed by atoms with Crippen LogP contribution in [0.15, 0.2) is 53.5 Å². The molecular weight excluding hydrogens is 304 g/mol. The molecule has 2 aromatic rings. The summed E-state index contributed by atoms with van der Waals surface area (Å²) in [6, 6.07) is 11.8. The average molecular weight is 321 g/mol. The molecule has 22 heavy (non-hydrogen) atoms. The number of amides is 1. The zero-order valence-corrected chi connectivity index (χ0v) is 12.7. The number of pyridine rings is 1. The highest BCUT2D eigenvalue weighted by Gasteiger charge is 2.09. The second kappa shape index (κ2) is 7.77. The Morgan fingerprint density at radius 1 is 1.23 bits per heavy atom. The minimum atomic E-state index is -0.825. The second-order valence-corrected chi connectivity index (χ2v) is 5.39. The number of hydrogen-bond acceptors (Lipinski definition) is 3. The molecule has 1 aromatic carbocycles. The van der Waals surface area contributed by atoms with Gasteiger partial charge in [0.2, 0.25) is 5.91 Å². The van der Waals surface area contributed by atoms with Gasteiger partial charge in [0.05, 0.1) is 19.1 Å². The van der Waals surface area contributed by atoms with Gasteiger partial charge in [-0.05, 0) is 23.8 Å². The lowest BCUT2D eigenvalue weighted by Crippen LogP contribution is -2.37. The molecule has 0 bridgehead atoms. The van der Waals surface area contributed by atoms with Gasteiger partial charge < -0.3 is 15.0 Å². The number of carbonyl (C=O) groups is 1. The van der Waals surface area contributed by atoms with E-state index in [0.29, 0.717) is 5.02 Å². The number of aliphatic hydroxyl groups is 1. The van der Waals surface area contributed by atoms with E-state index in [4.69, 9.17) is 11.6 Å². The lowest BCUT2D eigenvalue weighted by molar-refractivity contribution is -0.120. The number of aromatic nitrogens is 1. The van der Waals surface area contributed by atoms with Crippen molar-refractivity contribution in [3.63, 3.8) is 0 Å². The molecule has 5 nitrogen and oxygen atoms in total. The van der Waals surface area contributed by atoms with Crippen LogP contribution in [0.4, 0.5) is 0 Å². The van der Waals surface area contributed by atoms with Gasteiger partial charge in [0.1, 0.15) is 0 Å². The van der Waals surface area contributed by atoms with Crippen molar-refractivity contribution in [3.8, 4) is 0 Å². The predicted molar refractivity (Wildman–Crippen MR) is 84.9 cm³/mol. The number of hydrogen-bond donors (Lipinski definition) is 2. The molecule has 1 unspecified atom stereocenters. The number of nitrogens with one attached hydrogen (secondary N) is 1. The quantitative estimate of drug-likeness (QED) is 0.840. The van der Waals surface area contributed by atoms with Crippen LogP contribution < -0.4 is 10.9 Å². The maximum atomic E-state index is 11.8. The van der Waals surface area contributed by atoms with Gasteiger partial charge in [-0.1, -0.05) is 29.8 Å². The molecule has 2 rings (SSSR count). The summed E-state index contributed by atoms with van der Waals surface area (Å²) >= 11 is 5.78. The largest absolute Gasteiger partial charge is 0.389 e. The summed E-state index contributed by atoms with van der Waals surface area (Å²) < 4.78 is 1.40. The highest BCUT2D eigenvalue weighted by atomic mass is 35.5. The predicted octanol–water partition coefficient (Wildman–Crippen LogP) is 1.22. The summed E-state index contributed by atoms with van der Waals surface area (Å²) in [4.78, 5) is 23.3. The topological polar surface area (TPSA) is 71.3 Å². The van der Waals surface area contributed by atoms with Crippen molar-refractivity contribution in [2.75, 3.05) is 6.54 Å². The second-order valence-electron chi connectivity index (χ2n) is 4.95. The first kappa shape index (κ1) is 16.3. The highest BCUT2D eigenvalue weighted by molar-refractivity contribution is 6.30. The van der Waals surface area contributed by atoms with Gasteiger partial charge in [-0.15, -0.1) is 0 Å². The SMILES string of the molecule is O=C(Cc1ccc(Cl)cc1)NCC(O)Cn1ccccc1=O. The standard InChI is InChI=1S/C16H17ClN2O3/c17-13-6-4-12(5-7-13)9-15(21)18-10-14(20)11-19-8-2-1-3-16(19)22/h1-8,14,20H,9-11H2,(H,18,21). The number of carbonyl (C=O) groups excluding carboxylic acids is 1. The van der Waals surface area contributed by atoms with E-state index >= 15 is 0 Å². The Morgan fingerprint density at radius 3 is 2.64 bits per heavy atom. The van der Waals surface area contributed by atoms with E-state index in [-0.39, 0.29) is 31.0 Å². The van der Waals surface area contributed by atoms with E-state index in [1.165, 1.54) is 10.6 Å². The van der Waals surface area contributed by atoms with Gasteiger partial charge in [0.25, 0.3) is 5.56 Å². The summed E-state index contributed by atoms with van der Waals surface area (Å²) in [5.41, 5.74) is 0.657. The van der Waals surface area contributed by atoms with E-state index in [2.05, 4.69) is 5.32 Å². The van der Waals surface area contributed by atoms with Crippen molar-refractivity contribution in [1.29, 1.82) is 0 Å². The summed E-state index contributed by atoms with van der Waals surface area (Å²) in [5.74, 6) is -0.193. The van der Waals surface area contributed by atoms with Crippen molar-refractivity contribution < 1.29 is 9.90 Å². The molecule has 0 spiro atoms. The fraction of sp³-hybridized carbons (Fsp3) is 0.250. The average Bonchev–Trinajstić information content (AvgIpc) is 2.50. The molecule has 1 atom stereocenters. The fourth-order valence-electron chi connectivity index (χ4n) is 1.98. The van der Waals surface area contributed by atoms with E-state index in [0.717, 1.165) is 5.56 Å². The van der Waals surface area contributed by atoms with Crippen LogP contribution in [0.25, 0.3) is 0 Å². The van der Waals surface area contributed by atoms with Gasteiger partial charge in [-0.2, -0.15) is 0 Å². The van der Waals surface area contributed by atoms with Crippen molar-refractivity contribution in [2.24, 2.45) is 0 Å². The molecule has 0 aliphatic rings. The number of halogens is 1. The Balaban J connectivity index is 1.79. The zero-order chi connectivity index (χ0) is 15.9. The summed E-state index contributed by atoms with van der Waals surface area (Å²) in [6.45, 7) is 0.231. The Labute approximate surface area is 133 Å². The first-order chi connectivity index (χ1) is 10.5. The van der Waals surface area contributed by atoms with Crippen molar-refractivity contribution in [2.45, 2.75) is 19.1 Å². The van der Waals surface area contributed by atoms with Crippen LogP contribution in [-0.4, -0.2) is 28.2 Å². The van der Waals surface area contributed by atoms with E-state index < -0.39 is 6.10 Å². The van der Waals surface area contributed by atoms with Crippen LogP contribution >= 0.6 is 11.6 Å². The van der Waals surface area contributed by atoms with Gasteiger partial charge >= 0.3 is 0 Å². The van der Waals surface area contributed by atoms with Crippen molar-refractivity contribution in [1.82, 2.24) is 9.88 Å². The summed E-state index contributed by atoms with van der Waals surface area (Å²) in [7, 11) is 0. The molecule has 0 aliphatic heterocycles. The molecule has 2 N–H and O–H groups in total.